The van der Waals surface area contributed by atoms with Crippen LogP contribution < -0.4 is 10.4 Å². The van der Waals surface area contributed by atoms with Gasteiger partial charge in [0.2, 0.25) is 0 Å². The molecule has 2 fully saturated rings. The number of anilines is 1. The first-order valence-corrected chi connectivity index (χ1v) is 7.08. The first kappa shape index (κ1) is 13.0. The van der Waals surface area contributed by atoms with Gasteiger partial charge in [0.1, 0.15) is 6.10 Å². The lowest BCUT2D eigenvalue weighted by Crippen LogP contribution is -2.36. The zero-order chi connectivity index (χ0) is 15.3. The van der Waals surface area contributed by atoms with Crippen LogP contribution in [0.3, 0.4) is 0 Å². The molecule has 0 bridgehead atoms. The number of carbonyl (C=O) groups excluding carboxylic acids is 2. The molecule has 2 aromatic carbocycles. The molecule has 22 heavy (non-hydrogen) atoms. The Hall–Kier alpha value is -2.66. The molecule has 0 aromatic heterocycles. The van der Waals surface area contributed by atoms with Crippen LogP contribution in [0.25, 0.3) is 0 Å². The van der Waals surface area contributed by atoms with Gasteiger partial charge in [-0.1, -0.05) is 48.0 Å². The zero-order valence-electron chi connectivity index (χ0n) is 11.9. The number of hydrogen-bond acceptors (Lipinski definition) is 3. The van der Waals surface area contributed by atoms with E-state index in [4.69, 9.17) is 4.74 Å². The first-order valence-electron chi connectivity index (χ1n) is 7.08. The molecule has 2 unspecified atom stereocenters. The van der Waals surface area contributed by atoms with Gasteiger partial charge in [-0.25, -0.2) is 5.01 Å². The third-order valence-electron chi connectivity index (χ3n) is 4.08. The van der Waals surface area contributed by atoms with Crippen LogP contribution in [0.15, 0.2) is 54.6 Å². The molecule has 1 N–H and O–H groups in total. The van der Waals surface area contributed by atoms with Crippen LogP contribution in [0, 0.1) is 6.92 Å². The van der Waals surface area contributed by atoms with E-state index < -0.39 is 17.6 Å². The van der Waals surface area contributed by atoms with Crippen molar-refractivity contribution in [2.24, 2.45) is 0 Å². The number of nitrogens with zero attached hydrogens (tertiary/aromatic N) is 1. The molecular formula is C17H14N2O3. The normalized spacial score (nSPS) is 26.4. The highest BCUT2D eigenvalue weighted by Gasteiger charge is 2.74. The first-order chi connectivity index (χ1) is 10.6. The van der Waals surface area contributed by atoms with Crippen LogP contribution in [0.5, 0.6) is 0 Å². The molecule has 0 aliphatic carbocycles. The number of carbonyl (C=O) groups is 2. The number of amides is 2. The summed E-state index contributed by atoms with van der Waals surface area (Å²) in [5, 5.41) is 1.26. The molecule has 4 rings (SSSR count). The van der Waals surface area contributed by atoms with Gasteiger partial charge in [0.15, 0.2) is 0 Å². The molecule has 2 aliphatic heterocycles. The van der Waals surface area contributed by atoms with E-state index >= 15 is 0 Å². The number of para-hydroxylation sites is 1. The van der Waals surface area contributed by atoms with Crippen molar-refractivity contribution in [2.45, 2.75) is 18.6 Å². The number of hydrogen-bond donors (Lipinski definition) is 1. The van der Waals surface area contributed by atoms with E-state index in [1.807, 2.05) is 49.4 Å². The fourth-order valence-electron chi connectivity index (χ4n) is 2.79. The summed E-state index contributed by atoms with van der Waals surface area (Å²) < 4.78 is 5.56. The number of epoxide rings is 1. The lowest BCUT2D eigenvalue weighted by molar-refractivity contribution is -0.129. The SMILES string of the molecule is Cc1ccc(C2OC23C(=O)NN(c2ccccc2)C3=O)cc1. The fraction of sp³-hybridized carbons (Fsp3) is 0.176. The molecule has 2 saturated heterocycles. The van der Waals surface area contributed by atoms with Gasteiger partial charge in [-0.15, -0.1) is 0 Å². The largest absolute Gasteiger partial charge is 0.341 e. The quantitative estimate of drug-likeness (QED) is 0.679. The van der Waals surface area contributed by atoms with Crippen LogP contribution in [0.4, 0.5) is 5.69 Å². The lowest BCUT2D eigenvalue weighted by Gasteiger charge is -2.14. The van der Waals surface area contributed by atoms with E-state index in [9.17, 15) is 9.59 Å². The Kier molecular flexibility index (Phi) is 2.62. The minimum atomic E-state index is -1.41. The van der Waals surface area contributed by atoms with E-state index in [2.05, 4.69) is 5.43 Å². The molecule has 2 aliphatic rings. The summed E-state index contributed by atoms with van der Waals surface area (Å²) in [6, 6.07) is 16.7. The van der Waals surface area contributed by atoms with E-state index in [-0.39, 0.29) is 5.91 Å². The Morgan fingerprint density at radius 1 is 1.05 bits per heavy atom. The molecule has 110 valence electrons. The second kappa shape index (κ2) is 4.42. The van der Waals surface area contributed by atoms with Crippen molar-refractivity contribution in [3.63, 3.8) is 0 Å². The second-order valence-corrected chi connectivity index (χ2v) is 5.56. The van der Waals surface area contributed by atoms with Gasteiger partial charge in [0.05, 0.1) is 5.69 Å². The molecule has 0 radical (unpaired) electrons. The van der Waals surface area contributed by atoms with Crippen LogP contribution in [0.2, 0.25) is 0 Å². The Morgan fingerprint density at radius 2 is 1.73 bits per heavy atom. The highest BCUT2D eigenvalue weighted by Crippen LogP contribution is 2.53. The molecule has 1 spiro atoms. The minimum Gasteiger partial charge on any atom is -0.341 e. The van der Waals surface area contributed by atoms with E-state index in [1.165, 1.54) is 5.01 Å². The third-order valence-corrected chi connectivity index (χ3v) is 4.08. The average Bonchev–Trinajstić information content (AvgIpc) is 3.25. The summed E-state index contributed by atoms with van der Waals surface area (Å²) in [5.41, 5.74) is 3.77. The fourth-order valence-corrected chi connectivity index (χ4v) is 2.79. The van der Waals surface area contributed by atoms with E-state index in [0.717, 1.165) is 11.1 Å². The van der Waals surface area contributed by atoms with E-state index in [0.29, 0.717) is 5.69 Å². The Labute approximate surface area is 127 Å². The number of hydrazine groups is 1. The molecule has 5 heteroatoms. The van der Waals surface area contributed by atoms with Gasteiger partial charge in [-0.05, 0) is 24.6 Å². The molecule has 2 aromatic rings. The monoisotopic (exact) mass is 294 g/mol. The summed E-state index contributed by atoms with van der Waals surface area (Å²) in [4.78, 5) is 25.0. The second-order valence-electron chi connectivity index (χ2n) is 5.56. The smallest absolute Gasteiger partial charge is 0.291 e. The minimum absolute atomic E-state index is 0.366. The maximum atomic E-state index is 12.7. The van der Waals surface area contributed by atoms with Gasteiger partial charge < -0.3 is 4.74 Å². The van der Waals surface area contributed by atoms with Crippen molar-refractivity contribution in [3.8, 4) is 0 Å². The topological polar surface area (TPSA) is 61.9 Å². The summed E-state index contributed by atoms with van der Waals surface area (Å²) in [6.07, 6.45) is -0.519. The molecule has 2 atom stereocenters. The standard InChI is InChI=1S/C17H14N2O3/c1-11-7-9-12(10-8-11)14-17(22-14)15(20)18-19(16(17)21)13-5-3-2-4-6-13/h2-10,14H,1H3,(H,18,20). The lowest BCUT2D eigenvalue weighted by atomic mass is 9.98. The van der Waals surface area contributed by atoms with Crippen LogP contribution in [0.1, 0.15) is 17.2 Å². The van der Waals surface area contributed by atoms with Gasteiger partial charge in [0, 0.05) is 0 Å². The van der Waals surface area contributed by atoms with Crippen molar-refractivity contribution >= 4 is 17.5 Å². The highest BCUT2D eigenvalue weighted by molar-refractivity contribution is 6.23. The summed E-state index contributed by atoms with van der Waals surface area (Å²) in [7, 11) is 0. The van der Waals surface area contributed by atoms with Crippen molar-refractivity contribution in [1.82, 2.24) is 5.43 Å². The average molecular weight is 294 g/mol. The number of benzene rings is 2. The maximum Gasteiger partial charge on any atom is 0.291 e. The third kappa shape index (κ3) is 1.69. The van der Waals surface area contributed by atoms with Gasteiger partial charge in [-0.2, -0.15) is 0 Å². The van der Waals surface area contributed by atoms with Crippen molar-refractivity contribution in [3.05, 3.63) is 65.7 Å². The zero-order valence-corrected chi connectivity index (χ0v) is 11.9. The van der Waals surface area contributed by atoms with Crippen LogP contribution in [-0.2, 0) is 14.3 Å². The Balaban J connectivity index is 1.65. The number of nitrogens with one attached hydrogen (secondary N) is 1. The number of aryl methyl sites for hydroxylation is 1. The van der Waals surface area contributed by atoms with Crippen LogP contribution >= 0.6 is 0 Å². The van der Waals surface area contributed by atoms with Gasteiger partial charge >= 0.3 is 0 Å². The number of rotatable bonds is 2. The van der Waals surface area contributed by atoms with Gasteiger partial charge in [-0.3, -0.25) is 15.0 Å². The Bertz CT molecular complexity index is 757. The van der Waals surface area contributed by atoms with Crippen molar-refractivity contribution in [1.29, 1.82) is 0 Å². The molecule has 2 amide bonds. The van der Waals surface area contributed by atoms with E-state index in [1.54, 1.807) is 12.1 Å². The molecule has 5 nitrogen and oxygen atoms in total. The van der Waals surface area contributed by atoms with Crippen molar-refractivity contribution < 1.29 is 14.3 Å². The predicted molar refractivity (Wildman–Crippen MR) is 79.8 cm³/mol. The maximum absolute atomic E-state index is 12.7. The van der Waals surface area contributed by atoms with Gasteiger partial charge in [0.25, 0.3) is 17.4 Å². The predicted octanol–water partition coefficient (Wildman–Crippen LogP) is 1.88. The summed E-state index contributed by atoms with van der Waals surface area (Å²) in [6.45, 7) is 1.98. The molecule has 2 heterocycles. The summed E-state index contributed by atoms with van der Waals surface area (Å²) in [5.74, 6) is -0.777. The number of ether oxygens (including phenoxy) is 1. The highest BCUT2D eigenvalue weighted by atomic mass is 16.6. The van der Waals surface area contributed by atoms with Crippen LogP contribution in [-0.4, -0.2) is 17.4 Å². The summed E-state index contributed by atoms with van der Waals surface area (Å²) >= 11 is 0. The molecule has 0 saturated carbocycles. The Morgan fingerprint density at radius 3 is 2.41 bits per heavy atom. The van der Waals surface area contributed by atoms with Crippen molar-refractivity contribution in [2.75, 3.05) is 5.01 Å². The molecular weight excluding hydrogens is 280 g/mol.